The van der Waals surface area contributed by atoms with Gasteiger partial charge in [-0.05, 0) is 37.5 Å². The molecule has 1 nitrogen and oxygen atoms in total. The van der Waals surface area contributed by atoms with Crippen LogP contribution in [0.4, 0.5) is 5.69 Å². The topological polar surface area (TPSA) is 12.0 Å². The van der Waals surface area contributed by atoms with Crippen LogP contribution in [0.3, 0.4) is 0 Å². The molecule has 0 heterocycles. The second-order valence-electron chi connectivity index (χ2n) is 3.60. The normalized spacial score (nSPS) is 9.36. The molecule has 0 unspecified atom stereocenters. The molecule has 0 saturated carbocycles. The minimum Gasteiger partial charge on any atom is -0.385 e. The van der Waals surface area contributed by atoms with E-state index in [1.807, 2.05) is 0 Å². The molecule has 0 aromatic heterocycles. The lowest BCUT2D eigenvalue weighted by molar-refractivity contribution is 0.833. The molecule has 1 N–H and O–H groups in total. The van der Waals surface area contributed by atoms with Crippen LogP contribution in [0.25, 0.3) is 0 Å². The van der Waals surface area contributed by atoms with E-state index >= 15 is 0 Å². The van der Waals surface area contributed by atoms with Crippen molar-refractivity contribution in [1.29, 1.82) is 0 Å². The average Bonchev–Trinajstić information content (AvgIpc) is 2.11. The van der Waals surface area contributed by atoms with E-state index in [0.29, 0.717) is 0 Å². The Kier molecular flexibility index (Phi) is 6.39. The molecule has 0 aliphatic carbocycles. The fourth-order valence-electron chi connectivity index (χ4n) is 1.33. The van der Waals surface area contributed by atoms with Gasteiger partial charge in [-0.15, -0.1) is 12.4 Å². The Bertz CT molecular complexity index is 271. The molecule has 1 rings (SSSR count). The van der Waals surface area contributed by atoms with Crippen molar-refractivity contribution in [2.75, 3.05) is 11.9 Å². The van der Waals surface area contributed by atoms with Crippen LogP contribution >= 0.6 is 12.4 Å². The number of hydrogen-bond donors (Lipinski definition) is 1. The van der Waals surface area contributed by atoms with Gasteiger partial charge in [0.15, 0.2) is 0 Å². The van der Waals surface area contributed by atoms with Crippen LogP contribution in [0.1, 0.15) is 30.9 Å². The Morgan fingerprint density at radius 1 is 1.21 bits per heavy atom. The Labute approximate surface area is 93.3 Å². The summed E-state index contributed by atoms with van der Waals surface area (Å²) in [6, 6.07) is 6.54. The van der Waals surface area contributed by atoms with Crippen LogP contribution < -0.4 is 5.32 Å². The van der Waals surface area contributed by atoms with Crippen molar-refractivity contribution in [3.63, 3.8) is 0 Å². The van der Waals surface area contributed by atoms with E-state index in [4.69, 9.17) is 0 Å². The van der Waals surface area contributed by atoms with Crippen molar-refractivity contribution in [1.82, 2.24) is 0 Å². The first-order valence-corrected chi connectivity index (χ1v) is 5.05. The Morgan fingerprint density at radius 2 is 1.93 bits per heavy atom. The lowest BCUT2D eigenvalue weighted by Gasteiger charge is -2.09. The van der Waals surface area contributed by atoms with Crippen LogP contribution in [0.5, 0.6) is 0 Å². The molecule has 2 heteroatoms. The second kappa shape index (κ2) is 6.72. The van der Waals surface area contributed by atoms with E-state index in [-0.39, 0.29) is 12.4 Å². The Hall–Kier alpha value is -0.690. The van der Waals surface area contributed by atoms with Gasteiger partial charge in [0.25, 0.3) is 0 Å². The Morgan fingerprint density at radius 3 is 2.57 bits per heavy atom. The number of hydrogen-bond acceptors (Lipinski definition) is 1. The van der Waals surface area contributed by atoms with E-state index in [0.717, 1.165) is 6.54 Å². The molecular formula is C12H20ClN. The lowest BCUT2D eigenvalue weighted by Crippen LogP contribution is -2.02. The zero-order valence-corrected chi connectivity index (χ0v) is 10.1. The molecule has 0 fully saturated rings. The van der Waals surface area contributed by atoms with Crippen LogP contribution in [0.15, 0.2) is 18.2 Å². The lowest BCUT2D eigenvalue weighted by atomic mass is 10.1. The highest BCUT2D eigenvalue weighted by molar-refractivity contribution is 5.85. The average molecular weight is 214 g/mol. The number of halogens is 1. The summed E-state index contributed by atoms with van der Waals surface area (Å²) in [5.74, 6) is 0. The predicted octanol–water partition coefficient (Wildman–Crippen LogP) is 3.94. The molecule has 1 aromatic carbocycles. The van der Waals surface area contributed by atoms with E-state index in [1.54, 1.807) is 0 Å². The molecule has 80 valence electrons. The minimum atomic E-state index is 0. The number of rotatable bonds is 4. The maximum atomic E-state index is 3.45. The summed E-state index contributed by atoms with van der Waals surface area (Å²) in [7, 11) is 0. The summed E-state index contributed by atoms with van der Waals surface area (Å²) in [6.07, 6.45) is 2.49. The predicted molar refractivity (Wildman–Crippen MR) is 66.6 cm³/mol. The zero-order valence-electron chi connectivity index (χ0n) is 9.26. The summed E-state index contributed by atoms with van der Waals surface area (Å²) in [5, 5.41) is 3.45. The molecule has 0 bridgehead atoms. The smallest absolute Gasteiger partial charge is 0.0372 e. The maximum absolute atomic E-state index is 3.45. The summed E-state index contributed by atoms with van der Waals surface area (Å²) < 4.78 is 0. The first-order chi connectivity index (χ1) is 6.24. The molecule has 0 aliphatic rings. The molecular weight excluding hydrogens is 194 g/mol. The molecule has 1 aromatic rings. The fourth-order valence-corrected chi connectivity index (χ4v) is 1.33. The van der Waals surface area contributed by atoms with Gasteiger partial charge in [0, 0.05) is 12.2 Å². The SMILES string of the molecule is CCCCNc1cc(C)ccc1C.Cl. The van der Waals surface area contributed by atoms with Gasteiger partial charge in [-0.1, -0.05) is 25.5 Å². The van der Waals surface area contributed by atoms with Crippen molar-refractivity contribution in [2.45, 2.75) is 33.6 Å². The highest BCUT2D eigenvalue weighted by Gasteiger charge is 1.96. The maximum Gasteiger partial charge on any atom is 0.0372 e. The number of benzene rings is 1. The monoisotopic (exact) mass is 213 g/mol. The van der Waals surface area contributed by atoms with Gasteiger partial charge in [0.1, 0.15) is 0 Å². The van der Waals surface area contributed by atoms with Crippen LogP contribution in [-0.4, -0.2) is 6.54 Å². The third kappa shape index (κ3) is 4.01. The van der Waals surface area contributed by atoms with Gasteiger partial charge in [-0.25, -0.2) is 0 Å². The number of anilines is 1. The van der Waals surface area contributed by atoms with Crippen molar-refractivity contribution in [2.24, 2.45) is 0 Å². The van der Waals surface area contributed by atoms with Crippen LogP contribution in [-0.2, 0) is 0 Å². The van der Waals surface area contributed by atoms with Gasteiger partial charge >= 0.3 is 0 Å². The molecule has 0 saturated heterocycles. The van der Waals surface area contributed by atoms with Crippen molar-refractivity contribution < 1.29 is 0 Å². The summed E-state index contributed by atoms with van der Waals surface area (Å²) in [4.78, 5) is 0. The van der Waals surface area contributed by atoms with Crippen LogP contribution in [0.2, 0.25) is 0 Å². The molecule has 0 amide bonds. The zero-order chi connectivity index (χ0) is 9.68. The Balaban J connectivity index is 0.00000169. The van der Waals surface area contributed by atoms with Crippen LogP contribution in [0, 0.1) is 13.8 Å². The fraction of sp³-hybridized carbons (Fsp3) is 0.500. The van der Waals surface area contributed by atoms with Gasteiger partial charge in [-0.3, -0.25) is 0 Å². The number of unbranched alkanes of at least 4 members (excludes halogenated alkanes) is 1. The second-order valence-corrected chi connectivity index (χ2v) is 3.60. The highest BCUT2D eigenvalue weighted by atomic mass is 35.5. The minimum absolute atomic E-state index is 0. The van der Waals surface area contributed by atoms with Crippen molar-refractivity contribution in [3.8, 4) is 0 Å². The first kappa shape index (κ1) is 13.3. The summed E-state index contributed by atoms with van der Waals surface area (Å²) in [6.45, 7) is 7.57. The van der Waals surface area contributed by atoms with Gasteiger partial charge < -0.3 is 5.32 Å². The van der Waals surface area contributed by atoms with Crippen molar-refractivity contribution >= 4 is 18.1 Å². The largest absolute Gasteiger partial charge is 0.385 e. The van der Waals surface area contributed by atoms with Gasteiger partial charge in [-0.2, -0.15) is 0 Å². The van der Waals surface area contributed by atoms with Gasteiger partial charge in [0.05, 0.1) is 0 Å². The first-order valence-electron chi connectivity index (χ1n) is 5.05. The highest BCUT2D eigenvalue weighted by Crippen LogP contribution is 2.16. The third-order valence-electron chi connectivity index (χ3n) is 2.24. The molecule has 0 atom stereocenters. The standard InChI is InChI=1S/C12H19N.ClH/c1-4-5-8-13-12-9-10(2)6-7-11(12)3;/h6-7,9,13H,4-5,8H2,1-3H3;1H. The molecule has 14 heavy (non-hydrogen) atoms. The quantitative estimate of drug-likeness (QED) is 0.748. The van der Waals surface area contributed by atoms with E-state index in [2.05, 4.69) is 44.3 Å². The molecule has 0 spiro atoms. The number of aryl methyl sites for hydroxylation is 2. The van der Waals surface area contributed by atoms with Gasteiger partial charge in [0.2, 0.25) is 0 Å². The summed E-state index contributed by atoms with van der Waals surface area (Å²) >= 11 is 0. The van der Waals surface area contributed by atoms with Crippen molar-refractivity contribution in [3.05, 3.63) is 29.3 Å². The summed E-state index contributed by atoms with van der Waals surface area (Å²) in [5.41, 5.74) is 3.94. The molecule has 0 radical (unpaired) electrons. The van der Waals surface area contributed by atoms with E-state index in [1.165, 1.54) is 29.7 Å². The molecule has 0 aliphatic heterocycles. The van der Waals surface area contributed by atoms with E-state index < -0.39 is 0 Å². The van der Waals surface area contributed by atoms with E-state index in [9.17, 15) is 0 Å². The third-order valence-corrected chi connectivity index (χ3v) is 2.24. The number of nitrogens with one attached hydrogen (secondary N) is 1.